The third-order valence-electron chi connectivity index (χ3n) is 4.04. The Kier molecular flexibility index (Phi) is 7.80. The predicted molar refractivity (Wildman–Crippen MR) is 108 cm³/mol. The summed E-state index contributed by atoms with van der Waals surface area (Å²) in [4.78, 5) is -0.299. The van der Waals surface area contributed by atoms with Crippen LogP contribution in [0.5, 0.6) is 0 Å². The van der Waals surface area contributed by atoms with E-state index in [1.54, 1.807) is 72.8 Å². The summed E-state index contributed by atoms with van der Waals surface area (Å²) in [6.45, 7) is 0. The Labute approximate surface area is 199 Å². The molecule has 6 nitrogen and oxygen atoms in total. The average molecular weight is 455 g/mol. The second-order valence-electron chi connectivity index (χ2n) is 5.86. The molecule has 0 amide bonds. The van der Waals surface area contributed by atoms with Crippen molar-refractivity contribution in [1.29, 1.82) is 0 Å². The Morgan fingerprint density at radius 2 is 0.828 bits per heavy atom. The molecular formula is C20H14CaO6S2. The zero-order chi connectivity index (χ0) is 20.4. The molecular weight excluding hydrogens is 440 g/mol. The molecule has 0 aliphatic heterocycles. The molecule has 4 aliphatic rings. The zero-order valence-corrected chi connectivity index (χ0v) is 18.9. The van der Waals surface area contributed by atoms with Gasteiger partial charge in [-0.15, -0.1) is 0 Å². The fourth-order valence-corrected chi connectivity index (χ4v) is 4.19. The van der Waals surface area contributed by atoms with Gasteiger partial charge in [-0.25, -0.2) is 16.8 Å². The maximum Gasteiger partial charge on any atom is 2.00 e. The Hall–Kier alpha value is -1.52. The van der Waals surface area contributed by atoms with Gasteiger partial charge in [0.2, 0.25) is 0 Å². The summed E-state index contributed by atoms with van der Waals surface area (Å²) < 4.78 is 65.1. The molecule has 0 atom stereocenters. The summed E-state index contributed by atoms with van der Waals surface area (Å²) in [6.07, 6.45) is 0. The minimum atomic E-state index is -4.37. The van der Waals surface area contributed by atoms with E-state index in [0.717, 1.165) is 11.1 Å². The maximum atomic E-state index is 10.9. The second kappa shape index (κ2) is 9.53. The topological polar surface area (TPSA) is 114 Å². The fraction of sp³-hybridized carbons (Fsp3) is 0. The molecule has 4 rings (SSSR count). The van der Waals surface area contributed by atoms with E-state index < -0.39 is 20.2 Å². The van der Waals surface area contributed by atoms with Gasteiger partial charge in [-0.05, 0) is 34.4 Å². The number of fused-ring (bicyclic) bond motifs is 2. The number of hydrogen-bond acceptors (Lipinski definition) is 6. The van der Waals surface area contributed by atoms with Gasteiger partial charge in [0.15, 0.2) is 0 Å². The SMILES string of the molecule is O=S(=O)([O-])c1ccc2cccccc1-2.O=S(=O)([O-])c1ccc2cccccc1-2.[Ca+2]. The van der Waals surface area contributed by atoms with Gasteiger partial charge in [0.05, 0.1) is 9.79 Å². The van der Waals surface area contributed by atoms with E-state index in [2.05, 4.69) is 0 Å². The largest absolute Gasteiger partial charge is 2.00 e. The van der Waals surface area contributed by atoms with E-state index in [9.17, 15) is 25.9 Å². The van der Waals surface area contributed by atoms with Crippen LogP contribution in [0.15, 0.2) is 94.7 Å². The van der Waals surface area contributed by atoms with Crippen LogP contribution in [0.3, 0.4) is 0 Å². The summed E-state index contributed by atoms with van der Waals surface area (Å²) in [7, 11) is -8.73. The van der Waals surface area contributed by atoms with Crippen LogP contribution in [0, 0.1) is 0 Å². The molecule has 9 heteroatoms. The van der Waals surface area contributed by atoms with E-state index in [1.165, 1.54) is 12.1 Å². The number of rotatable bonds is 2. The van der Waals surface area contributed by atoms with E-state index in [0.29, 0.717) is 11.1 Å². The van der Waals surface area contributed by atoms with Crippen LogP contribution in [0.25, 0.3) is 22.3 Å². The third kappa shape index (κ3) is 5.76. The molecule has 0 N–H and O–H groups in total. The zero-order valence-electron chi connectivity index (χ0n) is 15.1. The molecule has 0 radical (unpaired) electrons. The summed E-state index contributed by atoms with van der Waals surface area (Å²) in [5.41, 5.74) is 2.46. The van der Waals surface area contributed by atoms with Crippen molar-refractivity contribution < 1.29 is 25.9 Å². The molecule has 0 fully saturated rings. The summed E-state index contributed by atoms with van der Waals surface area (Å²) in [5, 5.41) is 0. The van der Waals surface area contributed by atoms with Crippen LogP contribution in [0.1, 0.15) is 0 Å². The summed E-state index contributed by atoms with van der Waals surface area (Å²) in [6, 6.07) is 23.3. The van der Waals surface area contributed by atoms with Crippen LogP contribution < -0.4 is 0 Å². The standard InChI is InChI=1S/2C10H8O3S.Ca/c2*11-14(12,13)10-7-6-8-4-2-1-3-5-9(8)10;/h2*1-7H,(H,11,12,13);/q;;+2/p-2. The monoisotopic (exact) mass is 454 g/mol. The molecule has 0 saturated carbocycles. The van der Waals surface area contributed by atoms with Crippen molar-refractivity contribution in [2.75, 3.05) is 0 Å². The van der Waals surface area contributed by atoms with Gasteiger partial charge in [0, 0.05) is 0 Å². The van der Waals surface area contributed by atoms with Crippen LogP contribution in [0.4, 0.5) is 0 Å². The minimum Gasteiger partial charge on any atom is -0.744 e. The molecule has 0 saturated heterocycles. The van der Waals surface area contributed by atoms with Gasteiger partial charge in [0.1, 0.15) is 20.2 Å². The Morgan fingerprint density at radius 3 is 1.17 bits per heavy atom. The first kappa shape index (κ1) is 23.8. The summed E-state index contributed by atoms with van der Waals surface area (Å²) >= 11 is 0. The maximum absolute atomic E-state index is 10.9. The third-order valence-corrected chi connectivity index (χ3v) is 5.83. The summed E-state index contributed by atoms with van der Waals surface area (Å²) in [5.74, 6) is 0. The van der Waals surface area contributed by atoms with Gasteiger partial charge < -0.3 is 9.11 Å². The van der Waals surface area contributed by atoms with Crippen molar-refractivity contribution in [2.45, 2.75) is 9.79 Å². The molecule has 0 aromatic rings. The number of hydrogen-bond donors (Lipinski definition) is 0. The van der Waals surface area contributed by atoms with Gasteiger partial charge in [-0.1, -0.05) is 72.8 Å². The smallest absolute Gasteiger partial charge is 0.744 e. The molecule has 4 aliphatic carbocycles. The molecule has 0 spiro atoms. The van der Waals surface area contributed by atoms with Crippen molar-refractivity contribution in [1.82, 2.24) is 0 Å². The first-order valence-electron chi connectivity index (χ1n) is 8.05. The molecule has 0 heterocycles. The molecule has 0 aromatic heterocycles. The first-order chi connectivity index (χ1) is 13.2. The predicted octanol–water partition coefficient (Wildman–Crippen LogP) is 3.01. The van der Waals surface area contributed by atoms with Gasteiger partial charge in [-0.3, -0.25) is 0 Å². The Bertz CT molecular complexity index is 1170. The van der Waals surface area contributed by atoms with Gasteiger partial charge >= 0.3 is 37.7 Å². The van der Waals surface area contributed by atoms with E-state index in [4.69, 9.17) is 0 Å². The van der Waals surface area contributed by atoms with E-state index in [1.807, 2.05) is 0 Å². The van der Waals surface area contributed by atoms with Crippen molar-refractivity contribution in [2.24, 2.45) is 0 Å². The Balaban J connectivity index is 0.000000200. The minimum absolute atomic E-state index is 0. The van der Waals surface area contributed by atoms with Crippen molar-refractivity contribution >= 4 is 58.0 Å². The molecule has 144 valence electrons. The molecule has 0 bridgehead atoms. The second-order valence-corrected chi connectivity index (χ2v) is 8.56. The van der Waals surface area contributed by atoms with Crippen molar-refractivity contribution in [3.8, 4) is 22.3 Å². The molecule has 29 heavy (non-hydrogen) atoms. The quantitative estimate of drug-likeness (QED) is 0.340. The first-order valence-corrected chi connectivity index (χ1v) is 10.9. The van der Waals surface area contributed by atoms with Crippen LogP contribution in [-0.4, -0.2) is 63.7 Å². The van der Waals surface area contributed by atoms with Gasteiger partial charge in [-0.2, -0.15) is 0 Å². The van der Waals surface area contributed by atoms with E-state index >= 15 is 0 Å². The van der Waals surface area contributed by atoms with Crippen LogP contribution in [-0.2, 0) is 20.2 Å². The van der Waals surface area contributed by atoms with Crippen molar-refractivity contribution in [3.63, 3.8) is 0 Å². The average Bonchev–Trinajstić information content (AvgIpc) is 3.04. The normalized spacial score (nSPS) is 11.4. The van der Waals surface area contributed by atoms with E-state index in [-0.39, 0.29) is 47.5 Å². The van der Waals surface area contributed by atoms with Crippen molar-refractivity contribution in [3.05, 3.63) is 84.9 Å². The Morgan fingerprint density at radius 1 is 0.483 bits per heavy atom. The fourth-order valence-electron chi connectivity index (χ4n) is 2.81. The van der Waals surface area contributed by atoms with Crippen LogP contribution in [0.2, 0.25) is 0 Å². The van der Waals surface area contributed by atoms with Crippen LogP contribution >= 0.6 is 0 Å². The molecule has 0 aromatic carbocycles. The van der Waals surface area contributed by atoms with Gasteiger partial charge in [0.25, 0.3) is 0 Å². The molecule has 0 unspecified atom stereocenters.